The van der Waals surface area contributed by atoms with Gasteiger partial charge in [0.2, 0.25) is 0 Å². The Bertz CT molecular complexity index is 455. The van der Waals surface area contributed by atoms with Crippen LogP contribution < -0.4 is 15.4 Å². The van der Waals surface area contributed by atoms with E-state index >= 15 is 0 Å². The van der Waals surface area contributed by atoms with Crippen molar-refractivity contribution < 1.29 is 4.74 Å². The van der Waals surface area contributed by atoms with Crippen LogP contribution in [0.15, 0.2) is 29.3 Å². The van der Waals surface area contributed by atoms with Crippen molar-refractivity contribution in [1.82, 2.24) is 15.5 Å². The Labute approximate surface area is 141 Å². The molecule has 0 aliphatic heterocycles. The van der Waals surface area contributed by atoms with Gasteiger partial charge in [0.15, 0.2) is 5.96 Å². The van der Waals surface area contributed by atoms with Crippen molar-refractivity contribution in [1.29, 1.82) is 0 Å². The minimum absolute atomic E-state index is 0.481. The molecule has 0 aliphatic carbocycles. The molecule has 1 aromatic carbocycles. The van der Waals surface area contributed by atoms with E-state index in [1.54, 1.807) is 7.11 Å². The third-order valence-electron chi connectivity index (χ3n) is 3.92. The molecule has 0 aliphatic rings. The van der Waals surface area contributed by atoms with Crippen molar-refractivity contribution in [2.24, 2.45) is 4.99 Å². The number of aliphatic imine (C=N–C) groups is 1. The summed E-state index contributed by atoms with van der Waals surface area (Å²) in [6, 6.07) is 8.51. The van der Waals surface area contributed by atoms with Gasteiger partial charge in [-0.15, -0.1) is 0 Å². The predicted molar refractivity (Wildman–Crippen MR) is 98.2 cm³/mol. The lowest BCUT2D eigenvalue weighted by Gasteiger charge is -2.27. The molecule has 0 radical (unpaired) electrons. The highest BCUT2D eigenvalue weighted by molar-refractivity contribution is 5.79. The molecule has 0 aromatic heterocycles. The second-order valence-electron chi connectivity index (χ2n) is 5.49. The topological polar surface area (TPSA) is 48.9 Å². The number of methoxy groups -OCH3 is 1. The molecule has 2 N–H and O–H groups in total. The van der Waals surface area contributed by atoms with Gasteiger partial charge in [-0.05, 0) is 44.6 Å². The smallest absolute Gasteiger partial charge is 0.191 e. The van der Waals surface area contributed by atoms with Crippen molar-refractivity contribution in [3.8, 4) is 5.75 Å². The number of hydrogen-bond acceptors (Lipinski definition) is 3. The molecule has 0 saturated carbocycles. The SMILES string of the molecule is CCNC(=NCc1ccc(OC)cc1)NCC(C)N(CC)CC. The van der Waals surface area contributed by atoms with E-state index in [-0.39, 0.29) is 0 Å². The van der Waals surface area contributed by atoms with Crippen molar-refractivity contribution in [3.05, 3.63) is 29.8 Å². The number of benzene rings is 1. The van der Waals surface area contributed by atoms with Crippen LogP contribution in [-0.2, 0) is 6.54 Å². The van der Waals surface area contributed by atoms with Gasteiger partial charge in [0.05, 0.1) is 13.7 Å². The van der Waals surface area contributed by atoms with Crippen LogP contribution in [-0.4, -0.2) is 50.2 Å². The van der Waals surface area contributed by atoms with Crippen LogP contribution in [0.2, 0.25) is 0 Å². The van der Waals surface area contributed by atoms with Gasteiger partial charge in [-0.1, -0.05) is 26.0 Å². The molecular weight excluding hydrogens is 288 g/mol. The van der Waals surface area contributed by atoms with Crippen LogP contribution in [0.1, 0.15) is 33.3 Å². The summed E-state index contributed by atoms with van der Waals surface area (Å²) in [4.78, 5) is 7.09. The Morgan fingerprint density at radius 2 is 1.78 bits per heavy atom. The first-order chi connectivity index (χ1) is 11.1. The van der Waals surface area contributed by atoms with Crippen LogP contribution in [0.3, 0.4) is 0 Å². The Kier molecular flexibility index (Phi) is 9.14. The molecule has 5 nitrogen and oxygen atoms in total. The Balaban J connectivity index is 2.58. The van der Waals surface area contributed by atoms with Gasteiger partial charge in [-0.25, -0.2) is 4.99 Å². The number of nitrogens with zero attached hydrogens (tertiary/aromatic N) is 2. The van der Waals surface area contributed by atoms with E-state index in [0.29, 0.717) is 12.6 Å². The molecule has 0 bridgehead atoms. The first-order valence-corrected chi connectivity index (χ1v) is 8.53. The summed E-state index contributed by atoms with van der Waals surface area (Å²) in [6.45, 7) is 13.2. The monoisotopic (exact) mass is 320 g/mol. The zero-order chi connectivity index (χ0) is 17.1. The molecule has 1 rings (SSSR count). The molecular formula is C18H32N4O. The number of ether oxygens (including phenoxy) is 1. The quantitative estimate of drug-likeness (QED) is 0.542. The molecule has 1 unspecified atom stereocenters. The van der Waals surface area contributed by atoms with E-state index in [2.05, 4.69) is 48.2 Å². The largest absolute Gasteiger partial charge is 0.497 e. The van der Waals surface area contributed by atoms with E-state index in [0.717, 1.165) is 37.9 Å². The molecule has 23 heavy (non-hydrogen) atoms. The van der Waals surface area contributed by atoms with Gasteiger partial charge in [0.1, 0.15) is 5.75 Å². The van der Waals surface area contributed by atoms with E-state index in [9.17, 15) is 0 Å². The summed E-state index contributed by atoms with van der Waals surface area (Å²) < 4.78 is 5.18. The van der Waals surface area contributed by atoms with E-state index in [1.165, 1.54) is 5.56 Å². The van der Waals surface area contributed by atoms with E-state index in [4.69, 9.17) is 4.74 Å². The van der Waals surface area contributed by atoms with Gasteiger partial charge in [0, 0.05) is 19.1 Å². The summed E-state index contributed by atoms with van der Waals surface area (Å²) in [6.07, 6.45) is 0. The summed E-state index contributed by atoms with van der Waals surface area (Å²) in [5.41, 5.74) is 1.17. The van der Waals surface area contributed by atoms with Crippen LogP contribution in [0.5, 0.6) is 5.75 Å². The van der Waals surface area contributed by atoms with Crippen molar-refractivity contribution >= 4 is 5.96 Å². The number of guanidine groups is 1. The maximum Gasteiger partial charge on any atom is 0.191 e. The number of nitrogens with one attached hydrogen (secondary N) is 2. The molecule has 0 spiro atoms. The van der Waals surface area contributed by atoms with Crippen molar-refractivity contribution in [2.45, 2.75) is 40.3 Å². The maximum absolute atomic E-state index is 5.18. The fourth-order valence-corrected chi connectivity index (χ4v) is 2.46. The average molecular weight is 320 g/mol. The van der Waals surface area contributed by atoms with Crippen LogP contribution >= 0.6 is 0 Å². The summed E-state index contributed by atoms with van der Waals surface area (Å²) >= 11 is 0. The third kappa shape index (κ3) is 6.91. The molecule has 5 heteroatoms. The molecule has 0 saturated heterocycles. The zero-order valence-corrected chi connectivity index (χ0v) is 15.2. The number of rotatable bonds is 9. The van der Waals surface area contributed by atoms with Gasteiger partial charge in [-0.3, -0.25) is 4.90 Å². The highest BCUT2D eigenvalue weighted by Crippen LogP contribution is 2.11. The van der Waals surface area contributed by atoms with E-state index in [1.807, 2.05) is 24.3 Å². The zero-order valence-electron chi connectivity index (χ0n) is 15.2. The third-order valence-corrected chi connectivity index (χ3v) is 3.92. The van der Waals surface area contributed by atoms with Crippen LogP contribution in [0.25, 0.3) is 0 Å². The highest BCUT2D eigenvalue weighted by atomic mass is 16.5. The Hall–Kier alpha value is -1.75. The number of hydrogen-bond donors (Lipinski definition) is 2. The van der Waals surface area contributed by atoms with Crippen LogP contribution in [0, 0.1) is 0 Å². The fraction of sp³-hybridized carbons (Fsp3) is 0.611. The molecule has 0 amide bonds. The minimum Gasteiger partial charge on any atom is -0.497 e. The Morgan fingerprint density at radius 3 is 2.30 bits per heavy atom. The molecule has 0 fully saturated rings. The summed E-state index contributed by atoms with van der Waals surface area (Å²) in [5.74, 6) is 1.73. The normalized spacial score (nSPS) is 13.0. The van der Waals surface area contributed by atoms with Crippen LogP contribution in [0.4, 0.5) is 0 Å². The fourth-order valence-electron chi connectivity index (χ4n) is 2.46. The highest BCUT2D eigenvalue weighted by Gasteiger charge is 2.10. The lowest BCUT2D eigenvalue weighted by atomic mass is 10.2. The Morgan fingerprint density at radius 1 is 1.13 bits per heavy atom. The van der Waals surface area contributed by atoms with E-state index < -0.39 is 0 Å². The lowest BCUT2D eigenvalue weighted by Crippen LogP contribution is -2.45. The molecule has 130 valence electrons. The van der Waals surface area contributed by atoms with Gasteiger partial charge < -0.3 is 15.4 Å². The van der Waals surface area contributed by atoms with Crippen molar-refractivity contribution in [2.75, 3.05) is 33.3 Å². The molecule has 1 atom stereocenters. The molecule has 0 heterocycles. The molecule has 1 aromatic rings. The first-order valence-electron chi connectivity index (χ1n) is 8.53. The predicted octanol–water partition coefficient (Wildman–Crippen LogP) is 2.48. The second-order valence-corrected chi connectivity index (χ2v) is 5.49. The average Bonchev–Trinajstić information content (AvgIpc) is 2.59. The lowest BCUT2D eigenvalue weighted by molar-refractivity contribution is 0.231. The number of likely N-dealkylation sites (N-methyl/N-ethyl adjacent to an activating group) is 1. The second kappa shape index (κ2) is 10.9. The van der Waals surface area contributed by atoms with Gasteiger partial charge in [0.25, 0.3) is 0 Å². The summed E-state index contributed by atoms with van der Waals surface area (Å²) in [5, 5.41) is 6.74. The standard InChI is InChI=1S/C18H32N4O/c1-6-19-18(20-13-15(4)22(7-2)8-3)21-14-16-9-11-17(23-5)12-10-16/h9-12,15H,6-8,13-14H2,1-5H3,(H2,19,20,21). The first kappa shape index (κ1) is 19.3. The van der Waals surface area contributed by atoms with Gasteiger partial charge >= 0.3 is 0 Å². The van der Waals surface area contributed by atoms with Crippen molar-refractivity contribution in [3.63, 3.8) is 0 Å². The summed E-state index contributed by atoms with van der Waals surface area (Å²) in [7, 11) is 1.68. The maximum atomic E-state index is 5.18. The minimum atomic E-state index is 0.481. The van der Waals surface area contributed by atoms with Gasteiger partial charge in [-0.2, -0.15) is 0 Å².